The van der Waals surface area contributed by atoms with Crippen molar-refractivity contribution in [2.75, 3.05) is 45.1 Å². The third-order valence-corrected chi connectivity index (χ3v) is 7.00. The quantitative estimate of drug-likeness (QED) is 0.713. The number of amides is 1. The van der Waals surface area contributed by atoms with Crippen LogP contribution in [0.1, 0.15) is 18.5 Å². The number of piperazine rings is 1. The van der Waals surface area contributed by atoms with Gasteiger partial charge in [-0.1, -0.05) is 0 Å². The van der Waals surface area contributed by atoms with Gasteiger partial charge in [-0.2, -0.15) is 11.3 Å². The molecule has 1 aliphatic rings. The van der Waals surface area contributed by atoms with Crippen LogP contribution in [0.4, 0.5) is 5.69 Å². The molecule has 152 valence electrons. The molecule has 1 aromatic carbocycles. The molecular formula is C19H26N4O3S2. The van der Waals surface area contributed by atoms with Crippen molar-refractivity contribution >= 4 is 33.0 Å². The van der Waals surface area contributed by atoms with E-state index in [2.05, 4.69) is 38.3 Å². The Morgan fingerprint density at radius 2 is 1.82 bits per heavy atom. The summed E-state index contributed by atoms with van der Waals surface area (Å²) in [4.78, 5) is 15.9. The first kappa shape index (κ1) is 20.9. The van der Waals surface area contributed by atoms with E-state index in [-0.39, 0.29) is 16.8 Å². The van der Waals surface area contributed by atoms with Gasteiger partial charge in [0.2, 0.25) is 15.9 Å². The van der Waals surface area contributed by atoms with Crippen molar-refractivity contribution in [2.24, 2.45) is 0 Å². The maximum absolute atomic E-state index is 12.8. The lowest BCUT2D eigenvalue weighted by atomic mass is 10.1. The van der Waals surface area contributed by atoms with Gasteiger partial charge < -0.3 is 10.2 Å². The monoisotopic (exact) mass is 422 g/mol. The molecule has 1 saturated heterocycles. The number of rotatable bonds is 7. The van der Waals surface area contributed by atoms with Crippen molar-refractivity contribution in [3.63, 3.8) is 0 Å². The predicted octanol–water partition coefficient (Wildman–Crippen LogP) is 1.97. The molecule has 1 amide bonds. The van der Waals surface area contributed by atoms with Crippen LogP contribution in [0.5, 0.6) is 0 Å². The summed E-state index contributed by atoms with van der Waals surface area (Å²) in [6.07, 6.45) is 0. The Kier molecular flexibility index (Phi) is 6.84. The van der Waals surface area contributed by atoms with Crippen molar-refractivity contribution in [3.05, 3.63) is 46.7 Å². The van der Waals surface area contributed by atoms with E-state index < -0.39 is 10.0 Å². The zero-order valence-electron chi connectivity index (χ0n) is 16.1. The molecule has 0 saturated carbocycles. The second-order valence-corrected chi connectivity index (χ2v) is 9.52. The molecule has 2 aromatic rings. The summed E-state index contributed by atoms with van der Waals surface area (Å²) < 4.78 is 28.3. The highest BCUT2D eigenvalue weighted by molar-refractivity contribution is 7.89. The Bertz CT molecular complexity index is 874. The molecular weight excluding hydrogens is 396 g/mol. The van der Waals surface area contributed by atoms with Gasteiger partial charge in [0.15, 0.2) is 0 Å². The second kappa shape index (κ2) is 9.15. The van der Waals surface area contributed by atoms with Crippen molar-refractivity contribution in [3.8, 4) is 0 Å². The topological polar surface area (TPSA) is 81.7 Å². The Morgan fingerprint density at radius 3 is 2.39 bits per heavy atom. The number of anilines is 1. The highest BCUT2D eigenvalue weighted by atomic mass is 32.2. The van der Waals surface area contributed by atoms with Crippen LogP contribution >= 0.6 is 11.3 Å². The maximum Gasteiger partial charge on any atom is 0.240 e. The molecule has 3 rings (SSSR count). The number of thiophene rings is 1. The minimum absolute atomic E-state index is 0.00776. The Balaban J connectivity index is 1.70. The average Bonchev–Trinajstić information content (AvgIpc) is 3.18. The third-order valence-electron chi connectivity index (χ3n) is 4.86. The van der Waals surface area contributed by atoms with Crippen molar-refractivity contribution in [2.45, 2.75) is 17.9 Å². The highest BCUT2D eigenvalue weighted by Crippen LogP contribution is 2.24. The van der Waals surface area contributed by atoms with Crippen LogP contribution in [-0.2, 0) is 14.8 Å². The highest BCUT2D eigenvalue weighted by Gasteiger charge is 2.26. The Hall–Kier alpha value is -1.78. The lowest BCUT2D eigenvalue weighted by molar-refractivity contribution is -0.114. The molecule has 1 atom stereocenters. The largest absolute Gasteiger partial charge is 0.326 e. The molecule has 1 fully saturated rings. The number of nitrogens with zero attached hydrogens (tertiary/aromatic N) is 2. The number of nitrogens with one attached hydrogen (secondary N) is 2. The number of carbonyl (C=O) groups is 1. The van der Waals surface area contributed by atoms with Crippen LogP contribution in [0.3, 0.4) is 0 Å². The molecule has 0 bridgehead atoms. The Labute approximate surface area is 170 Å². The van der Waals surface area contributed by atoms with Gasteiger partial charge in [0.05, 0.1) is 4.90 Å². The Morgan fingerprint density at radius 1 is 1.14 bits per heavy atom. The first-order valence-corrected chi connectivity index (χ1v) is 11.6. The van der Waals surface area contributed by atoms with Crippen molar-refractivity contribution < 1.29 is 13.2 Å². The van der Waals surface area contributed by atoms with E-state index in [1.165, 1.54) is 19.1 Å². The van der Waals surface area contributed by atoms with Crippen LogP contribution in [0.15, 0.2) is 46.0 Å². The van der Waals surface area contributed by atoms with E-state index in [0.717, 1.165) is 31.7 Å². The molecule has 7 nitrogen and oxygen atoms in total. The molecule has 2 heterocycles. The lowest BCUT2D eigenvalue weighted by Crippen LogP contribution is -2.48. The molecule has 1 aliphatic heterocycles. The van der Waals surface area contributed by atoms with Gasteiger partial charge in [-0.3, -0.25) is 9.69 Å². The molecule has 0 spiro atoms. The van der Waals surface area contributed by atoms with Gasteiger partial charge in [-0.15, -0.1) is 0 Å². The fourth-order valence-corrected chi connectivity index (χ4v) is 4.99. The summed E-state index contributed by atoms with van der Waals surface area (Å²) in [7, 11) is -1.54. The van der Waals surface area contributed by atoms with Crippen LogP contribution in [0.25, 0.3) is 0 Å². The first-order valence-electron chi connectivity index (χ1n) is 9.17. The number of benzene rings is 1. The lowest BCUT2D eigenvalue weighted by Gasteiger charge is -2.37. The minimum Gasteiger partial charge on any atom is -0.326 e. The summed E-state index contributed by atoms with van der Waals surface area (Å²) in [6, 6.07) is 8.25. The molecule has 0 radical (unpaired) electrons. The van der Waals surface area contributed by atoms with Crippen LogP contribution in [0, 0.1) is 0 Å². The number of carbonyl (C=O) groups excluding carboxylic acids is 1. The van der Waals surface area contributed by atoms with Gasteiger partial charge in [0.25, 0.3) is 0 Å². The molecule has 0 aliphatic carbocycles. The van der Waals surface area contributed by atoms with Crippen molar-refractivity contribution in [1.82, 2.24) is 14.5 Å². The summed E-state index contributed by atoms with van der Waals surface area (Å²) in [5, 5.41) is 6.74. The van der Waals surface area contributed by atoms with E-state index in [1.807, 2.05) is 5.38 Å². The van der Waals surface area contributed by atoms with E-state index >= 15 is 0 Å². The van der Waals surface area contributed by atoms with Gasteiger partial charge >= 0.3 is 0 Å². The van der Waals surface area contributed by atoms with Crippen molar-refractivity contribution in [1.29, 1.82) is 0 Å². The van der Waals surface area contributed by atoms with Gasteiger partial charge in [-0.25, -0.2) is 13.1 Å². The molecule has 28 heavy (non-hydrogen) atoms. The molecule has 2 N–H and O–H groups in total. The van der Waals surface area contributed by atoms with Crippen LogP contribution in [0.2, 0.25) is 0 Å². The van der Waals surface area contributed by atoms with Crippen LogP contribution < -0.4 is 10.0 Å². The van der Waals surface area contributed by atoms with Gasteiger partial charge in [0, 0.05) is 51.4 Å². The standard InChI is InChI=1S/C19H26N4O3S2/c1-15(24)21-17-3-5-18(6-4-17)28(25,26)20-13-19(16-7-12-27-14-16)23-10-8-22(2)9-11-23/h3-7,12,14,19-20H,8-11,13H2,1-2H3,(H,21,24)/t19-/m0/s1. The minimum atomic E-state index is -3.64. The van der Waals surface area contributed by atoms with E-state index in [9.17, 15) is 13.2 Å². The molecule has 1 aromatic heterocycles. The zero-order chi connectivity index (χ0) is 20.1. The number of hydrogen-bond donors (Lipinski definition) is 2. The second-order valence-electron chi connectivity index (χ2n) is 6.97. The smallest absolute Gasteiger partial charge is 0.240 e. The van der Waals surface area contributed by atoms with E-state index in [1.54, 1.807) is 23.5 Å². The normalized spacial score (nSPS) is 17.4. The SMILES string of the molecule is CC(=O)Nc1ccc(S(=O)(=O)NC[C@@H](c2ccsc2)N2CCN(C)CC2)cc1. The predicted molar refractivity (Wildman–Crippen MR) is 112 cm³/mol. The number of hydrogen-bond acceptors (Lipinski definition) is 6. The fourth-order valence-electron chi connectivity index (χ4n) is 3.25. The fraction of sp³-hybridized carbons (Fsp3) is 0.421. The third kappa shape index (κ3) is 5.39. The summed E-state index contributed by atoms with van der Waals surface area (Å²) >= 11 is 1.62. The van der Waals surface area contributed by atoms with E-state index in [4.69, 9.17) is 0 Å². The summed E-state index contributed by atoms with van der Waals surface area (Å²) in [6.45, 7) is 5.48. The summed E-state index contributed by atoms with van der Waals surface area (Å²) in [5.74, 6) is -0.195. The van der Waals surface area contributed by atoms with Gasteiger partial charge in [-0.05, 0) is 53.7 Å². The number of likely N-dealkylation sites (N-methyl/N-ethyl adjacent to an activating group) is 1. The number of sulfonamides is 1. The van der Waals surface area contributed by atoms with Gasteiger partial charge in [0.1, 0.15) is 0 Å². The molecule has 9 heteroatoms. The zero-order valence-corrected chi connectivity index (χ0v) is 17.7. The maximum atomic E-state index is 12.8. The van der Waals surface area contributed by atoms with Crippen LogP contribution in [-0.4, -0.2) is 63.9 Å². The molecule has 0 unspecified atom stereocenters. The summed E-state index contributed by atoms with van der Waals surface area (Å²) in [5.41, 5.74) is 1.71. The first-order chi connectivity index (χ1) is 13.3. The van der Waals surface area contributed by atoms with E-state index in [0.29, 0.717) is 12.2 Å². The average molecular weight is 423 g/mol.